The highest BCUT2D eigenvalue weighted by Gasteiger charge is 2.07. The van der Waals surface area contributed by atoms with E-state index in [-0.39, 0.29) is 11.9 Å². The Kier molecular flexibility index (Phi) is 4.57. The Balaban J connectivity index is 1.82. The Labute approximate surface area is 119 Å². The second-order valence-electron chi connectivity index (χ2n) is 3.81. The van der Waals surface area contributed by atoms with Crippen LogP contribution in [-0.2, 0) is 4.79 Å². The summed E-state index contributed by atoms with van der Waals surface area (Å²) in [4.78, 5) is 15.7. The van der Waals surface area contributed by atoms with Crippen LogP contribution in [-0.4, -0.2) is 26.8 Å². The van der Waals surface area contributed by atoms with Crippen LogP contribution in [0.1, 0.15) is 12.0 Å². The van der Waals surface area contributed by atoms with E-state index in [4.69, 9.17) is 11.0 Å². The number of H-pyrrole nitrogens is 1. The predicted octanol–water partition coefficient (Wildman–Crippen LogP) is 1.38. The number of aromatic amines is 1. The van der Waals surface area contributed by atoms with Gasteiger partial charge in [0.05, 0.1) is 11.3 Å². The number of nitriles is 1. The van der Waals surface area contributed by atoms with Crippen molar-refractivity contribution < 1.29 is 4.79 Å². The van der Waals surface area contributed by atoms with Crippen molar-refractivity contribution in [2.45, 2.75) is 11.6 Å². The molecule has 0 unspecified atom stereocenters. The van der Waals surface area contributed by atoms with E-state index in [1.54, 1.807) is 24.3 Å². The maximum atomic E-state index is 11.8. The van der Waals surface area contributed by atoms with E-state index in [1.165, 1.54) is 11.8 Å². The van der Waals surface area contributed by atoms with Crippen molar-refractivity contribution in [3.05, 3.63) is 29.8 Å². The summed E-state index contributed by atoms with van der Waals surface area (Å²) in [5.41, 5.74) is 6.35. The van der Waals surface area contributed by atoms with Gasteiger partial charge in [0.1, 0.15) is 6.07 Å². The summed E-state index contributed by atoms with van der Waals surface area (Å²) in [6.07, 6.45) is 0.291. The second-order valence-corrected chi connectivity index (χ2v) is 4.87. The van der Waals surface area contributed by atoms with Gasteiger partial charge in [0, 0.05) is 12.2 Å². The number of nitrogen functional groups attached to an aromatic ring is 1. The molecule has 0 aliphatic heterocycles. The van der Waals surface area contributed by atoms with Gasteiger partial charge in [-0.1, -0.05) is 23.9 Å². The molecular formula is C12H12N6OS. The number of amides is 1. The third kappa shape index (κ3) is 3.73. The lowest BCUT2D eigenvalue weighted by molar-refractivity contribution is -0.115. The van der Waals surface area contributed by atoms with Crippen LogP contribution in [0.15, 0.2) is 29.4 Å². The zero-order valence-electron chi connectivity index (χ0n) is 10.5. The van der Waals surface area contributed by atoms with Gasteiger partial charge in [0.15, 0.2) is 0 Å². The number of anilines is 2. The number of nitrogens with zero attached hydrogens (tertiary/aromatic N) is 3. The molecule has 0 aliphatic rings. The fourth-order valence-corrected chi connectivity index (χ4v) is 2.20. The second kappa shape index (κ2) is 6.58. The number of nitrogens with one attached hydrogen (secondary N) is 2. The molecule has 0 aliphatic carbocycles. The normalized spacial score (nSPS) is 9.95. The molecular weight excluding hydrogens is 276 g/mol. The molecule has 2 rings (SSSR count). The Bertz CT molecular complexity index is 647. The molecule has 8 heteroatoms. The molecule has 0 spiro atoms. The molecule has 4 N–H and O–H groups in total. The number of thioether (sulfide) groups is 1. The number of para-hydroxylation sites is 1. The van der Waals surface area contributed by atoms with Crippen LogP contribution in [0, 0.1) is 11.3 Å². The van der Waals surface area contributed by atoms with E-state index in [9.17, 15) is 4.79 Å². The number of aromatic nitrogens is 3. The van der Waals surface area contributed by atoms with Crippen LogP contribution >= 0.6 is 11.8 Å². The van der Waals surface area contributed by atoms with Gasteiger partial charge in [-0.25, -0.2) is 5.10 Å². The number of nitrogens with two attached hydrogens (primary N) is 1. The standard InChI is InChI=1S/C12H12N6OS/c13-7-8-3-1-2-4-9(8)15-10(19)5-6-20-12-16-11(14)17-18-12/h1-4H,5-6H2,(H,15,19)(H3,14,16,17,18). The van der Waals surface area contributed by atoms with Gasteiger partial charge in [-0.2, -0.15) is 10.2 Å². The zero-order chi connectivity index (χ0) is 14.4. The van der Waals surface area contributed by atoms with Crippen molar-refractivity contribution in [1.82, 2.24) is 15.2 Å². The molecule has 0 bridgehead atoms. The lowest BCUT2D eigenvalue weighted by Crippen LogP contribution is -2.13. The molecule has 20 heavy (non-hydrogen) atoms. The number of rotatable bonds is 5. The molecule has 1 heterocycles. The van der Waals surface area contributed by atoms with E-state index >= 15 is 0 Å². The third-order valence-electron chi connectivity index (χ3n) is 2.36. The topological polar surface area (TPSA) is 120 Å². The summed E-state index contributed by atoms with van der Waals surface area (Å²) in [5.74, 6) is 0.612. The van der Waals surface area contributed by atoms with Gasteiger partial charge < -0.3 is 11.1 Å². The molecule has 0 saturated carbocycles. The zero-order valence-corrected chi connectivity index (χ0v) is 11.3. The van der Waals surface area contributed by atoms with Gasteiger partial charge in [0.2, 0.25) is 17.0 Å². The number of carbonyl (C=O) groups is 1. The number of carbonyl (C=O) groups excluding carboxylic acids is 1. The summed E-state index contributed by atoms with van der Waals surface area (Å²) < 4.78 is 0. The van der Waals surface area contributed by atoms with Crippen LogP contribution < -0.4 is 11.1 Å². The number of hydrogen-bond acceptors (Lipinski definition) is 6. The minimum Gasteiger partial charge on any atom is -0.368 e. The van der Waals surface area contributed by atoms with Gasteiger partial charge in [-0.3, -0.25) is 4.79 Å². The monoisotopic (exact) mass is 288 g/mol. The van der Waals surface area contributed by atoms with E-state index < -0.39 is 0 Å². The first-order chi connectivity index (χ1) is 9.69. The molecule has 1 aromatic carbocycles. The minimum absolute atomic E-state index is 0.163. The van der Waals surface area contributed by atoms with E-state index in [1.807, 2.05) is 6.07 Å². The van der Waals surface area contributed by atoms with E-state index in [2.05, 4.69) is 20.5 Å². The van der Waals surface area contributed by atoms with Crippen molar-refractivity contribution in [3.8, 4) is 6.07 Å². The van der Waals surface area contributed by atoms with Crippen molar-refractivity contribution in [3.63, 3.8) is 0 Å². The van der Waals surface area contributed by atoms with Crippen LogP contribution in [0.5, 0.6) is 0 Å². The van der Waals surface area contributed by atoms with Crippen LogP contribution in [0.25, 0.3) is 0 Å². The van der Waals surface area contributed by atoms with Crippen molar-refractivity contribution in [2.24, 2.45) is 0 Å². The summed E-state index contributed by atoms with van der Waals surface area (Å²) in [6, 6.07) is 8.89. The first-order valence-electron chi connectivity index (χ1n) is 5.78. The Morgan fingerprint density at radius 3 is 3.00 bits per heavy atom. The fourth-order valence-electron chi connectivity index (χ4n) is 1.46. The maximum Gasteiger partial charge on any atom is 0.225 e. The molecule has 7 nitrogen and oxygen atoms in total. The largest absolute Gasteiger partial charge is 0.368 e. The van der Waals surface area contributed by atoms with Gasteiger partial charge in [-0.05, 0) is 12.1 Å². The molecule has 1 amide bonds. The lowest BCUT2D eigenvalue weighted by Gasteiger charge is -2.05. The van der Waals surface area contributed by atoms with Crippen molar-refractivity contribution >= 4 is 29.3 Å². The van der Waals surface area contributed by atoms with Gasteiger partial charge >= 0.3 is 0 Å². The molecule has 0 atom stereocenters. The number of benzene rings is 1. The first kappa shape index (κ1) is 13.9. The summed E-state index contributed by atoms with van der Waals surface area (Å²) >= 11 is 1.33. The Hall–Kier alpha value is -2.53. The lowest BCUT2D eigenvalue weighted by atomic mass is 10.2. The van der Waals surface area contributed by atoms with E-state index in [0.717, 1.165) is 0 Å². The minimum atomic E-state index is -0.163. The quantitative estimate of drug-likeness (QED) is 0.715. The van der Waals surface area contributed by atoms with Crippen molar-refractivity contribution in [2.75, 3.05) is 16.8 Å². The highest BCUT2D eigenvalue weighted by Crippen LogP contribution is 2.16. The Morgan fingerprint density at radius 1 is 1.50 bits per heavy atom. The first-order valence-corrected chi connectivity index (χ1v) is 6.77. The number of hydrogen-bond donors (Lipinski definition) is 3. The average Bonchev–Trinajstić information content (AvgIpc) is 2.85. The molecule has 0 fully saturated rings. The maximum absolute atomic E-state index is 11.8. The summed E-state index contributed by atoms with van der Waals surface area (Å²) in [6.45, 7) is 0. The fraction of sp³-hybridized carbons (Fsp3) is 0.167. The SMILES string of the molecule is N#Cc1ccccc1NC(=O)CCSc1n[nH]c(N)n1. The molecule has 0 radical (unpaired) electrons. The third-order valence-corrected chi connectivity index (χ3v) is 3.21. The van der Waals surface area contributed by atoms with Gasteiger partial charge in [0.25, 0.3) is 0 Å². The average molecular weight is 288 g/mol. The molecule has 0 saturated heterocycles. The predicted molar refractivity (Wildman–Crippen MR) is 75.9 cm³/mol. The molecule has 102 valence electrons. The van der Waals surface area contributed by atoms with E-state index in [0.29, 0.717) is 28.6 Å². The summed E-state index contributed by atoms with van der Waals surface area (Å²) in [7, 11) is 0. The van der Waals surface area contributed by atoms with Crippen molar-refractivity contribution in [1.29, 1.82) is 5.26 Å². The molecule has 2 aromatic rings. The molecule has 1 aromatic heterocycles. The summed E-state index contributed by atoms with van der Waals surface area (Å²) in [5, 5.41) is 18.5. The van der Waals surface area contributed by atoms with Crippen LogP contribution in [0.2, 0.25) is 0 Å². The smallest absolute Gasteiger partial charge is 0.225 e. The Morgan fingerprint density at radius 2 is 2.30 bits per heavy atom. The van der Waals surface area contributed by atoms with Gasteiger partial charge in [-0.15, -0.1) is 5.10 Å². The highest BCUT2D eigenvalue weighted by molar-refractivity contribution is 7.99. The highest BCUT2D eigenvalue weighted by atomic mass is 32.2. The van der Waals surface area contributed by atoms with Crippen LogP contribution in [0.4, 0.5) is 11.6 Å². The van der Waals surface area contributed by atoms with Crippen LogP contribution in [0.3, 0.4) is 0 Å².